The van der Waals surface area contributed by atoms with Crippen LogP contribution >= 0.6 is 0 Å². The monoisotopic (exact) mass is 366 g/mol. The van der Waals surface area contributed by atoms with E-state index >= 15 is 0 Å². The zero-order chi connectivity index (χ0) is 19.2. The molecule has 0 saturated carbocycles. The van der Waals surface area contributed by atoms with Crippen LogP contribution in [0.3, 0.4) is 0 Å². The van der Waals surface area contributed by atoms with Crippen LogP contribution in [-0.2, 0) is 4.79 Å². The lowest BCUT2D eigenvalue weighted by Gasteiger charge is -2.11. The molecule has 0 saturated heterocycles. The minimum absolute atomic E-state index is 0.00636. The number of hydrogen-bond donors (Lipinski definition) is 2. The van der Waals surface area contributed by atoms with Crippen LogP contribution in [0.2, 0.25) is 0 Å². The molecule has 0 atom stereocenters. The fourth-order valence-corrected chi connectivity index (χ4v) is 2.08. The quantitative estimate of drug-likeness (QED) is 0.824. The lowest BCUT2D eigenvalue weighted by atomic mass is 10.2. The van der Waals surface area contributed by atoms with E-state index in [9.17, 15) is 22.8 Å². The van der Waals surface area contributed by atoms with Crippen LogP contribution in [0, 0.1) is 6.92 Å². The molecule has 0 aromatic heterocycles. The highest BCUT2D eigenvalue weighted by atomic mass is 19.4. The first-order chi connectivity index (χ1) is 12.2. The van der Waals surface area contributed by atoms with Gasteiger partial charge in [0.2, 0.25) is 0 Å². The molecular weight excluding hydrogens is 349 g/mol. The van der Waals surface area contributed by atoms with E-state index in [1.54, 1.807) is 17.4 Å². The number of amides is 2. The van der Waals surface area contributed by atoms with Crippen LogP contribution in [0.25, 0.3) is 0 Å². The van der Waals surface area contributed by atoms with Crippen LogP contribution in [0.4, 0.5) is 18.9 Å². The van der Waals surface area contributed by atoms with Crippen LogP contribution in [0.5, 0.6) is 5.75 Å². The van der Waals surface area contributed by atoms with Gasteiger partial charge in [-0.1, -0.05) is 24.3 Å². The highest BCUT2D eigenvalue weighted by molar-refractivity contribution is 5.97. The Kier molecular flexibility index (Phi) is 6.21. The fourth-order valence-electron chi connectivity index (χ4n) is 2.08. The summed E-state index contributed by atoms with van der Waals surface area (Å²) < 4.78 is 41.9. The number of alkyl halides is 3. The number of ether oxygens (including phenoxy) is 1. The summed E-state index contributed by atoms with van der Waals surface area (Å²) in [5.41, 5.74) is 1.17. The summed E-state index contributed by atoms with van der Waals surface area (Å²) in [6.45, 7) is 0.179. The standard InChI is InChI=1S/C18H17F3N2O3/c1-12-5-2-3-8-15(12)26-10-16(24)23-14-7-4-6-13(9-14)17(25)22-11-18(19,20)21/h2-9H,10-11H2,1H3,(H,22,25)(H,23,24). The van der Waals surface area contributed by atoms with Crippen molar-refractivity contribution in [1.82, 2.24) is 5.32 Å². The number of aryl methyl sites for hydroxylation is 1. The number of para-hydroxylation sites is 1. The Morgan fingerprint density at radius 1 is 1.08 bits per heavy atom. The molecule has 2 aromatic carbocycles. The molecule has 0 aliphatic heterocycles. The van der Waals surface area contributed by atoms with Crippen molar-refractivity contribution in [1.29, 1.82) is 0 Å². The zero-order valence-electron chi connectivity index (χ0n) is 13.9. The number of halogens is 3. The van der Waals surface area contributed by atoms with Gasteiger partial charge in [0.15, 0.2) is 6.61 Å². The van der Waals surface area contributed by atoms with E-state index in [4.69, 9.17) is 4.74 Å². The number of carbonyl (C=O) groups excluding carboxylic acids is 2. The molecule has 2 rings (SSSR count). The van der Waals surface area contributed by atoms with E-state index in [1.165, 1.54) is 24.3 Å². The van der Waals surface area contributed by atoms with E-state index in [-0.39, 0.29) is 17.9 Å². The molecule has 0 fully saturated rings. The van der Waals surface area contributed by atoms with Crippen molar-refractivity contribution in [2.24, 2.45) is 0 Å². The molecule has 2 aromatic rings. The van der Waals surface area contributed by atoms with Gasteiger partial charge in [0, 0.05) is 11.3 Å². The molecule has 0 unspecified atom stereocenters. The summed E-state index contributed by atoms with van der Waals surface area (Å²) in [4.78, 5) is 23.7. The van der Waals surface area contributed by atoms with Crippen LogP contribution in [0.15, 0.2) is 48.5 Å². The van der Waals surface area contributed by atoms with Crippen LogP contribution in [0.1, 0.15) is 15.9 Å². The lowest BCUT2D eigenvalue weighted by Crippen LogP contribution is -2.33. The van der Waals surface area contributed by atoms with Crippen molar-refractivity contribution < 1.29 is 27.5 Å². The fraction of sp³-hybridized carbons (Fsp3) is 0.222. The van der Waals surface area contributed by atoms with E-state index < -0.39 is 24.5 Å². The molecule has 0 aliphatic rings. The smallest absolute Gasteiger partial charge is 0.405 e. The Balaban J connectivity index is 1.92. The second-order valence-corrected chi connectivity index (χ2v) is 5.48. The van der Waals surface area contributed by atoms with Crippen molar-refractivity contribution in [3.8, 4) is 5.75 Å². The van der Waals surface area contributed by atoms with Gasteiger partial charge in [-0.25, -0.2) is 0 Å². The Morgan fingerprint density at radius 2 is 1.81 bits per heavy atom. The molecular formula is C18H17F3N2O3. The van der Waals surface area contributed by atoms with Gasteiger partial charge in [-0.3, -0.25) is 9.59 Å². The van der Waals surface area contributed by atoms with E-state index in [0.29, 0.717) is 5.75 Å². The van der Waals surface area contributed by atoms with Crippen molar-refractivity contribution in [3.63, 3.8) is 0 Å². The highest BCUT2D eigenvalue weighted by Gasteiger charge is 2.27. The van der Waals surface area contributed by atoms with Crippen molar-refractivity contribution >= 4 is 17.5 Å². The summed E-state index contributed by atoms with van der Waals surface area (Å²) >= 11 is 0. The van der Waals surface area contributed by atoms with Crippen molar-refractivity contribution in [2.45, 2.75) is 13.1 Å². The summed E-state index contributed by atoms with van der Waals surface area (Å²) in [6.07, 6.45) is -4.49. The first-order valence-electron chi connectivity index (χ1n) is 7.68. The van der Waals surface area contributed by atoms with Crippen LogP contribution < -0.4 is 15.4 Å². The van der Waals surface area contributed by atoms with Gasteiger partial charge in [-0.2, -0.15) is 13.2 Å². The van der Waals surface area contributed by atoms with Gasteiger partial charge < -0.3 is 15.4 Å². The average molecular weight is 366 g/mol. The summed E-state index contributed by atoms with van der Waals surface area (Å²) in [5.74, 6) is -0.765. The second-order valence-electron chi connectivity index (χ2n) is 5.48. The first-order valence-corrected chi connectivity index (χ1v) is 7.68. The molecule has 0 bridgehead atoms. The van der Waals surface area contributed by atoms with Crippen molar-refractivity contribution in [2.75, 3.05) is 18.5 Å². The van der Waals surface area contributed by atoms with Gasteiger partial charge >= 0.3 is 6.18 Å². The maximum Gasteiger partial charge on any atom is 0.405 e. The Bertz CT molecular complexity index is 791. The molecule has 0 heterocycles. The minimum atomic E-state index is -4.49. The van der Waals surface area contributed by atoms with Crippen molar-refractivity contribution in [3.05, 3.63) is 59.7 Å². The number of hydrogen-bond acceptors (Lipinski definition) is 3. The first kappa shape index (κ1) is 19.3. The minimum Gasteiger partial charge on any atom is -0.483 e. The van der Waals surface area contributed by atoms with E-state index in [0.717, 1.165) is 5.56 Å². The highest BCUT2D eigenvalue weighted by Crippen LogP contribution is 2.17. The molecule has 26 heavy (non-hydrogen) atoms. The predicted octanol–water partition coefficient (Wildman–Crippen LogP) is 3.30. The van der Waals surface area contributed by atoms with Gasteiger partial charge in [-0.05, 0) is 36.8 Å². The molecule has 138 valence electrons. The summed E-state index contributed by atoms with van der Waals surface area (Å²) in [7, 11) is 0. The van der Waals surface area contributed by atoms with E-state index in [2.05, 4.69) is 5.32 Å². The summed E-state index contributed by atoms with van der Waals surface area (Å²) in [6, 6.07) is 12.8. The molecule has 0 spiro atoms. The largest absolute Gasteiger partial charge is 0.483 e. The SMILES string of the molecule is Cc1ccccc1OCC(=O)Nc1cccc(C(=O)NCC(F)(F)F)c1. The third-order valence-corrected chi connectivity index (χ3v) is 3.31. The Hall–Kier alpha value is -3.03. The number of carbonyl (C=O) groups is 2. The van der Waals surface area contributed by atoms with Gasteiger partial charge in [0.25, 0.3) is 11.8 Å². The Morgan fingerprint density at radius 3 is 2.50 bits per heavy atom. The van der Waals surface area contributed by atoms with Gasteiger partial charge in [0.05, 0.1) is 0 Å². The number of rotatable bonds is 6. The average Bonchev–Trinajstić information content (AvgIpc) is 2.58. The Labute approximate surface area is 148 Å². The number of anilines is 1. The number of benzene rings is 2. The topological polar surface area (TPSA) is 67.4 Å². The molecule has 8 heteroatoms. The molecule has 0 radical (unpaired) electrons. The maximum absolute atomic E-state index is 12.2. The molecule has 0 aliphatic carbocycles. The molecule has 2 N–H and O–H groups in total. The third-order valence-electron chi connectivity index (χ3n) is 3.31. The maximum atomic E-state index is 12.2. The molecule has 2 amide bonds. The predicted molar refractivity (Wildman–Crippen MR) is 90.1 cm³/mol. The van der Waals surface area contributed by atoms with Gasteiger partial charge in [0.1, 0.15) is 12.3 Å². The van der Waals surface area contributed by atoms with Crippen LogP contribution in [-0.4, -0.2) is 31.1 Å². The van der Waals surface area contributed by atoms with E-state index in [1.807, 2.05) is 19.1 Å². The third kappa shape index (κ3) is 6.12. The normalized spacial score (nSPS) is 10.9. The zero-order valence-corrected chi connectivity index (χ0v) is 13.9. The summed E-state index contributed by atoms with van der Waals surface area (Å²) in [5, 5.41) is 4.30. The number of nitrogens with one attached hydrogen (secondary N) is 2. The second kappa shape index (κ2) is 8.37. The molecule has 5 nitrogen and oxygen atoms in total. The lowest BCUT2D eigenvalue weighted by molar-refractivity contribution is -0.123. The van der Waals surface area contributed by atoms with Gasteiger partial charge in [-0.15, -0.1) is 0 Å².